The standard InChI is InChI=1S/C18H18N2O3/c21-17-16(12-19-17)20(18(22)23)11-10-13-6-8-15(9-7-13)14-4-2-1-3-5-14/h1-9,16H,10-12H2,(H,19,21)(H,22,23). The Morgan fingerprint density at radius 3 is 2.26 bits per heavy atom. The molecule has 2 aromatic carbocycles. The second-order valence-corrected chi connectivity index (χ2v) is 5.55. The lowest BCUT2D eigenvalue weighted by Gasteiger charge is -2.34. The summed E-state index contributed by atoms with van der Waals surface area (Å²) >= 11 is 0. The van der Waals surface area contributed by atoms with Crippen LogP contribution in [-0.2, 0) is 11.2 Å². The number of amides is 2. The van der Waals surface area contributed by atoms with Gasteiger partial charge in [-0.15, -0.1) is 0 Å². The Morgan fingerprint density at radius 1 is 1.09 bits per heavy atom. The highest BCUT2D eigenvalue weighted by Gasteiger charge is 2.36. The summed E-state index contributed by atoms with van der Waals surface area (Å²) in [4.78, 5) is 23.9. The van der Waals surface area contributed by atoms with Crippen LogP contribution in [0.1, 0.15) is 5.56 Å². The zero-order chi connectivity index (χ0) is 16.2. The number of carbonyl (C=O) groups is 2. The van der Waals surface area contributed by atoms with Gasteiger partial charge in [0.1, 0.15) is 6.04 Å². The highest BCUT2D eigenvalue weighted by molar-refractivity contribution is 5.90. The van der Waals surface area contributed by atoms with Crippen molar-refractivity contribution in [1.82, 2.24) is 10.2 Å². The molecule has 1 heterocycles. The summed E-state index contributed by atoms with van der Waals surface area (Å²) < 4.78 is 0. The number of nitrogens with one attached hydrogen (secondary N) is 1. The monoisotopic (exact) mass is 310 g/mol. The average Bonchev–Trinajstić information content (AvgIpc) is 2.58. The summed E-state index contributed by atoms with van der Waals surface area (Å²) in [6, 6.07) is 17.6. The van der Waals surface area contributed by atoms with Crippen molar-refractivity contribution in [3.63, 3.8) is 0 Å². The van der Waals surface area contributed by atoms with Gasteiger partial charge in [-0.1, -0.05) is 54.6 Å². The molecule has 2 aromatic rings. The molecule has 5 heteroatoms. The third-order valence-electron chi connectivity index (χ3n) is 4.10. The van der Waals surface area contributed by atoms with Crippen LogP contribution in [0.3, 0.4) is 0 Å². The van der Waals surface area contributed by atoms with Gasteiger partial charge in [-0.25, -0.2) is 4.79 Å². The van der Waals surface area contributed by atoms with E-state index in [0.717, 1.165) is 16.7 Å². The van der Waals surface area contributed by atoms with Crippen LogP contribution < -0.4 is 5.32 Å². The zero-order valence-electron chi connectivity index (χ0n) is 12.6. The van der Waals surface area contributed by atoms with Crippen LogP contribution in [0.25, 0.3) is 11.1 Å². The van der Waals surface area contributed by atoms with E-state index >= 15 is 0 Å². The van der Waals surface area contributed by atoms with Gasteiger partial charge in [0.05, 0.1) is 0 Å². The number of carboxylic acid groups (broad SMARTS) is 1. The van der Waals surface area contributed by atoms with Crippen molar-refractivity contribution in [2.75, 3.05) is 13.1 Å². The van der Waals surface area contributed by atoms with Crippen molar-refractivity contribution in [3.05, 3.63) is 60.2 Å². The van der Waals surface area contributed by atoms with Gasteiger partial charge in [0.15, 0.2) is 0 Å². The zero-order valence-corrected chi connectivity index (χ0v) is 12.6. The molecule has 1 unspecified atom stereocenters. The molecule has 1 saturated heterocycles. The van der Waals surface area contributed by atoms with Gasteiger partial charge in [0.25, 0.3) is 0 Å². The normalized spacial score (nSPS) is 16.3. The highest BCUT2D eigenvalue weighted by atomic mass is 16.4. The lowest BCUT2D eigenvalue weighted by Crippen LogP contribution is -2.63. The van der Waals surface area contributed by atoms with E-state index in [2.05, 4.69) is 17.4 Å². The molecule has 1 fully saturated rings. The number of rotatable bonds is 5. The molecule has 5 nitrogen and oxygen atoms in total. The van der Waals surface area contributed by atoms with Crippen LogP contribution in [-0.4, -0.2) is 41.1 Å². The number of benzene rings is 2. The maximum Gasteiger partial charge on any atom is 0.408 e. The third kappa shape index (κ3) is 3.34. The first-order valence-corrected chi connectivity index (χ1v) is 7.57. The Bertz CT molecular complexity index is 698. The second kappa shape index (κ2) is 6.52. The molecule has 2 amide bonds. The smallest absolute Gasteiger partial charge is 0.408 e. The van der Waals surface area contributed by atoms with Gasteiger partial charge in [-0.05, 0) is 23.1 Å². The van der Waals surface area contributed by atoms with E-state index in [0.29, 0.717) is 19.5 Å². The minimum atomic E-state index is -1.05. The first-order valence-electron chi connectivity index (χ1n) is 7.57. The van der Waals surface area contributed by atoms with Crippen LogP contribution in [0.5, 0.6) is 0 Å². The fourth-order valence-corrected chi connectivity index (χ4v) is 2.66. The molecule has 0 spiro atoms. The van der Waals surface area contributed by atoms with Crippen LogP contribution in [0.2, 0.25) is 0 Å². The summed E-state index contributed by atoms with van der Waals surface area (Å²) in [5.41, 5.74) is 3.33. The summed E-state index contributed by atoms with van der Waals surface area (Å²) in [6.07, 6.45) is -0.462. The van der Waals surface area contributed by atoms with Crippen LogP contribution in [0.4, 0.5) is 4.79 Å². The molecule has 1 atom stereocenters. The topological polar surface area (TPSA) is 69.6 Å². The first-order chi connectivity index (χ1) is 11.1. The van der Waals surface area contributed by atoms with E-state index in [1.54, 1.807) is 0 Å². The van der Waals surface area contributed by atoms with E-state index in [1.165, 1.54) is 4.90 Å². The number of carbonyl (C=O) groups excluding carboxylic acids is 1. The van der Waals surface area contributed by atoms with Crippen molar-refractivity contribution in [3.8, 4) is 11.1 Å². The average molecular weight is 310 g/mol. The first kappa shape index (κ1) is 15.1. The number of nitrogens with zero attached hydrogens (tertiary/aromatic N) is 1. The SMILES string of the molecule is O=C1NCC1N(CCc1ccc(-c2ccccc2)cc1)C(=O)O. The largest absolute Gasteiger partial charge is 0.465 e. The molecule has 1 aliphatic heterocycles. The fourth-order valence-electron chi connectivity index (χ4n) is 2.66. The number of hydrogen-bond acceptors (Lipinski definition) is 2. The fraction of sp³-hybridized carbons (Fsp3) is 0.222. The maximum atomic E-state index is 11.4. The van der Waals surface area contributed by atoms with E-state index in [1.807, 2.05) is 42.5 Å². The van der Waals surface area contributed by atoms with Crippen LogP contribution >= 0.6 is 0 Å². The Labute approximate surface area is 134 Å². The molecule has 1 aliphatic rings. The van der Waals surface area contributed by atoms with E-state index in [4.69, 9.17) is 0 Å². The predicted octanol–water partition coefficient (Wildman–Crippen LogP) is 2.37. The van der Waals surface area contributed by atoms with Gasteiger partial charge >= 0.3 is 6.09 Å². The van der Waals surface area contributed by atoms with Crippen molar-refractivity contribution in [2.24, 2.45) is 0 Å². The predicted molar refractivity (Wildman–Crippen MR) is 87.1 cm³/mol. The molecule has 23 heavy (non-hydrogen) atoms. The van der Waals surface area contributed by atoms with E-state index in [9.17, 15) is 14.7 Å². The van der Waals surface area contributed by atoms with Gasteiger partial charge in [0.2, 0.25) is 5.91 Å². The molecular weight excluding hydrogens is 292 g/mol. The molecule has 0 bridgehead atoms. The molecule has 2 N–H and O–H groups in total. The Morgan fingerprint density at radius 2 is 1.74 bits per heavy atom. The van der Waals surface area contributed by atoms with Gasteiger partial charge in [-0.2, -0.15) is 0 Å². The molecule has 0 saturated carbocycles. The lowest BCUT2D eigenvalue weighted by molar-refractivity contribution is -0.132. The number of β-lactam (4-membered cyclic amide) rings is 1. The molecule has 3 rings (SSSR count). The Balaban J connectivity index is 1.64. The van der Waals surface area contributed by atoms with Crippen LogP contribution in [0.15, 0.2) is 54.6 Å². The van der Waals surface area contributed by atoms with Crippen molar-refractivity contribution >= 4 is 12.0 Å². The molecule has 118 valence electrons. The molecule has 0 radical (unpaired) electrons. The van der Waals surface area contributed by atoms with Crippen molar-refractivity contribution < 1.29 is 14.7 Å². The van der Waals surface area contributed by atoms with Crippen molar-refractivity contribution in [1.29, 1.82) is 0 Å². The lowest BCUT2D eigenvalue weighted by atomic mass is 10.0. The highest BCUT2D eigenvalue weighted by Crippen LogP contribution is 2.19. The summed E-state index contributed by atoms with van der Waals surface area (Å²) in [6.45, 7) is 0.718. The molecule has 0 aliphatic carbocycles. The summed E-state index contributed by atoms with van der Waals surface area (Å²) in [5.74, 6) is -0.216. The minimum absolute atomic E-state index is 0.216. The summed E-state index contributed by atoms with van der Waals surface area (Å²) in [5, 5.41) is 11.8. The summed E-state index contributed by atoms with van der Waals surface area (Å²) in [7, 11) is 0. The molecule has 0 aromatic heterocycles. The van der Waals surface area contributed by atoms with Gasteiger partial charge < -0.3 is 10.4 Å². The van der Waals surface area contributed by atoms with Crippen LogP contribution in [0, 0.1) is 0 Å². The van der Waals surface area contributed by atoms with Gasteiger partial charge in [0, 0.05) is 13.1 Å². The quantitative estimate of drug-likeness (QED) is 0.833. The van der Waals surface area contributed by atoms with Gasteiger partial charge in [-0.3, -0.25) is 9.69 Å². The van der Waals surface area contributed by atoms with E-state index < -0.39 is 12.1 Å². The molecular formula is C18H18N2O3. The second-order valence-electron chi connectivity index (χ2n) is 5.55. The number of hydrogen-bond donors (Lipinski definition) is 2. The van der Waals surface area contributed by atoms with Crippen molar-refractivity contribution in [2.45, 2.75) is 12.5 Å². The van der Waals surface area contributed by atoms with E-state index in [-0.39, 0.29) is 5.91 Å². The Kier molecular flexibility index (Phi) is 4.28. The maximum absolute atomic E-state index is 11.4. The minimum Gasteiger partial charge on any atom is -0.465 e. The Hall–Kier alpha value is -2.82. The third-order valence-corrected chi connectivity index (χ3v) is 4.10.